The molecule has 10 nitrogen and oxygen atoms in total. The van der Waals surface area contributed by atoms with Crippen LogP contribution < -0.4 is 10.6 Å². The number of phenolic OH excluding ortho intramolecular Hbond substituents is 1. The van der Waals surface area contributed by atoms with Crippen LogP contribution in [0.4, 0.5) is 10.6 Å². The van der Waals surface area contributed by atoms with Gasteiger partial charge in [-0.1, -0.05) is 48.2 Å². The molecule has 3 aromatic heterocycles. The van der Waals surface area contributed by atoms with Gasteiger partial charge in [-0.05, 0) is 74.4 Å². The topological polar surface area (TPSA) is 133 Å². The number of nitrogens with zero attached hydrogens (tertiary/aromatic N) is 6. The zero-order valence-electron chi connectivity index (χ0n) is 26.6. The fraction of sp³-hybridized carbons (Fsp3) is 0.171. The van der Waals surface area contributed by atoms with E-state index in [4.69, 9.17) is 5.10 Å². The second-order valence-corrected chi connectivity index (χ2v) is 14.6. The zero-order valence-corrected chi connectivity index (χ0v) is 29.1. The van der Waals surface area contributed by atoms with E-state index in [2.05, 4.69) is 33.0 Å². The molecular weight excluding hydrogens is 661 g/mol. The Hall–Kier alpha value is -4.90. The predicted octanol–water partition coefficient (Wildman–Crippen LogP) is 7.95. The minimum atomic E-state index is -0.410. The molecule has 0 aliphatic heterocycles. The van der Waals surface area contributed by atoms with Gasteiger partial charge < -0.3 is 10.4 Å². The monoisotopic (exact) mass is 692 g/mol. The SMILES string of the molecule is CSc1ccccc1-c1nnc2ccc(Sc3ccccc3CNC(=O)Nc3cc(C(C)(C)SC)nn3-c3ccc(O)c(C#N)c3)cn12. The highest BCUT2D eigenvalue weighted by molar-refractivity contribution is 7.99. The van der Waals surface area contributed by atoms with Crippen molar-refractivity contribution in [3.05, 3.63) is 108 Å². The van der Waals surface area contributed by atoms with Gasteiger partial charge in [0.05, 0.1) is 21.7 Å². The van der Waals surface area contributed by atoms with Crippen molar-refractivity contribution in [3.8, 4) is 28.9 Å². The third-order valence-electron chi connectivity index (χ3n) is 7.79. The Bertz CT molecular complexity index is 2170. The zero-order chi connectivity index (χ0) is 33.8. The predicted molar refractivity (Wildman–Crippen MR) is 193 cm³/mol. The number of aromatic hydroxyl groups is 1. The van der Waals surface area contributed by atoms with Crippen LogP contribution in [0.15, 0.2) is 106 Å². The van der Waals surface area contributed by atoms with Crippen molar-refractivity contribution in [1.82, 2.24) is 29.7 Å². The van der Waals surface area contributed by atoms with Crippen molar-refractivity contribution in [1.29, 1.82) is 5.26 Å². The van der Waals surface area contributed by atoms with Gasteiger partial charge in [-0.25, -0.2) is 9.48 Å². The van der Waals surface area contributed by atoms with Crippen LogP contribution in [0, 0.1) is 11.3 Å². The van der Waals surface area contributed by atoms with Crippen molar-refractivity contribution < 1.29 is 9.90 Å². The number of aromatic nitrogens is 5. The number of amides is 2. The second kappa shape index (κ2) is 14.1. The third kappa shape index (κ3) is 6.87. The summed E-state index contributed by atoms with van der Waals surface area (Å²) >= 11 is 4.90. The molecule has 6 rings (SSSR count). The standard InChI is InChI=1S/C35H32N8O2S3/c1-35(2,47-4)30-18-32(43(41-30)24-13-15-27(44)23(17-24)19-36)38-34(45)37-20-22-9-5-7-11-28(22)48-25-14-16-31-39-40-33(42(31)21-25)26-10-6-8-12-29(26)46-3/h5-18,21,44H,20H2,1-4H3,(H2,37,38,45). The molecule has 6 aromatic rings. The molecule has 0 saturated carbocycles. The first-order chi connectivity index (χ1) is 23.2. The van der Waals surface area contributed by atoms with Gasteiger partial charge in [-0.3, -0.25) is 9.72 Å². The molecule has 0 unspecified atom stereocenters. The lowest BCUT2D eigenvalue weighted by atomic mass is 10.1. The minimum absolute atomic E-state index is 0.114. The fourth-order valence-electron chi connectivity index (χ4n) is 4.97. The molecule has 0 radical (unpaired) electrons. The number of fused-ring (bicyclic) bond motifs is 1. The Morgan fingerprint density at radius 2 is 1.75 bits per heavy atom. The van der Waals surface area contributed by atoms with E-state index in [1.165, 1.54) is 12.1 Å². The van der Waals surface area contributed by atoms with E-state index in [1.54, 1.807) is 46.0 Å². The van der Waals surface area contributed by atoms with Gasteiger partial charge in [-0.15, -0.1) is 22.0 Å². The largest absolute Gasteiger partial charge is 0.507 e. The Labute approximate surface area is 291 Å². The van der Waals surface area contributed by atoms with Crippen LogP contribution in [-0.4, -0.2) is 48.0 Å². The molecule has 2 amide bonds. The molecule has 0 atom stereocenters. The quantitative estimate of drug-likeness (QED) is 0.122. The molecule has 0 spiro atoms. The van der Waals surface area contributed by atoms with E-state index in [9.17, 15) is 15.2 Å². The molecule has 0 aliphatic carbocycles. The van der Waals surface area contributed by atoms with Crippen LogP contribution in [0.5, 0.6) is 5.75 Å². The molecule has 0 fully saturated rings. The Kier molecular flexibility index (Phi) is 9.68. The molecular formula is C35H32N8O2S3. The molecule has 3 aromatic carbocycles. The summed E-state index contributed by atoms with van der Waals surface area (Å²) in [5, 5.41) is 39.0. The van der Waals surface area contributed by atoms with Gasteiger partial charge in [-0.2, -0.15) is 22.1 Å². The summed E-state index contributed by atoms with van der Waals surface area (Å²) < 4.78 is 3.25. The number of carbonyl (C=O) groups excluding carboxylic acids is 1. The lowest BCUT2D eigenvalue weighted by molar-refractivity contribution is 0.251. The average Bonchev–Trinajstić information content (AvgIpc) is 3.73. The van der Waals surface area contributed by atoms with Crippen molar-refractivity contribution in [3.63, 3.8) is 0 Å². The summed E-state index contributed by atoms with van der Waals surface area (Å²) in [5.74, 6) is 1.09. The lowest BCUT2D eigenvalue weighted by Gasteiger charge is -2.18. The van der Waals surface area contributed by atoms with Crippen LogP contribution in [-0.2, 0) is 11.3 Å². The normalized spacial score (nSPS) is 11.4. The number of nitriles is 1. The summed E-state index contributed by atoms with van der Waals surface area (Å²) in [6.45, 7) is 4.38. The first kappa shape index (κ1) is 33.0. The highest BCUT2D eigenvalue weighted by Crippen LogP contribution is 2.36. The number of rotatable bonds is 10. The number of nitrogens with one attached hydrogen (secondary N) is 2. The van der Waals surface area contributed by atoms with Gasteiger partial charge in [0.1, 0.15) is 17.6 Å². The maximum Gasteiger partial charge on any atom is 0.320 e. The minimum Gasteiger partial charge on any atom is -0.507 e. The first-order valence-electron chi connectivity index (χ1n) is 14.9. The van der Waals surface area contributed by atoms with Crippen LogP contribution in [0.2, 0.25) is 0 Å². The number of carbonyl (C=O) groups is 1. The van der Waals surface area contributed by atoms with E-state index in [0.717, 1.165) is 43.0 Å². The average molecular weight is 693 g/mol. The third-order valence-corrected chi connectivity index (χ3v) is 10.9. The van der Waals surface area contributed by atoms with Gasteiger partial charge in [0, 0.05) is 39.1 Å². The Morgan fingerprint density at radius 3 is 2.52 bits per heavy atom. The summed E-state index contributed by atoms with van der Waals surface area (Å²) in [5.41, 5.74) is 4.14. The van der Waals surface area contributed by atoms with E-state index in [1.807, 2.05) is 97.6 Å². The fourth-order valence-corrected chi connectivity index (χ4v) is 6.84. The summed E-state index contributed by atoms with van der Waals surface area (Å²) in [4.78, 5) is 16.4. The van der Waals surface area contributed by atoms with Crippen LogP contribution >= 0.6 is 35.3 Å². The van der Waals surface area contributed by atoms with E-state index in [-0.39, 0.29) is 22.6 Å². The maximum absolute atomic E-state index is 13.3. The number of anilines is 1. The number of benzene rings is 3. The summed E-state index contributed by atoms with van der Waals surface area (Å²) in [6.07, 6.45) is 6.09. The molecule has 242 valence electrons. The van der Waals surface area contributed by atoms with Gasteiger partial charge in [0.25, 0.3) is 0 Å². The van der Waals surface area contributed by atoms with Crippen molar-refractivity contribution >= 4 is 52.8 Å². The number of phenols is 1. The Morgan fingerprint density at radius 1 is 0.979 bits per heavy atom. The van der Waals surface area contributed by atoms with Crippen molar-refractivity contribution in [2.75, 3.05) is 17.8 Å². The number of hydrogen-bond acceptors (Lipinski definition) is 9. The molecule has 0 bridgehead atoms. The van der Waals surface area contributed by atoms with Crippen LogP contribution in [0.3, 0.4) is 0 Å². The van der Waals surface area contributed by atoms with Gasteiger partial charge in [0.15, 0.2) is 11.5 Å². The molecule has 3 N–H and O–H groups in total. The maximum atomic E-state index is 13.3. The summed E-state index contributed by atoms with van der Waals surface area (Å²) in [6, 6.07) is 28.1. The molecule has 48 heavy (non-hydrogen) atoms. The number of pyridine rings is 1. The number of hydrogen-bond donors (Lipinski definition) is 3. The smallest absolute Gasteiger partial charge is 0.320 e. The number of thioether (sulfide) groups is 2. The lowest BCUT2D eigenvalue weighted by Crippen LogP contribution is -2.29. The van der Waals surface area contributed by atoms with Crippen LogP contribution in [0.1, 0.15) is 30.7 Å². The highest BCUT2D eigenvalue weighted by atomic mass is 32.2. The van der Waals surface area contributed by atoms with Gasteiger partial charge in [0.2, 0.25) is 0 Å². The van der Waals surface area contributed by atoms with Crippen molar-refractivity contribution in [2.24, 2.45) is 0 Å². The molecule has 0 saturated heterocycles. The Balaban J connectivity index is 1.21. The highest BCUT2D eigenvalue weighted by Gasteiger charge is 2.25. The van der Waals surface area contributed by atoms with Gasteiger partial charge >= 0.3 is 6.03 Å². The summed E-state index contributed by atoms with van der Waals surface area (Å²) in [7, 11) is 0. The molecule has 13 heteroatoms. The van der Waals surface area contributed by atoms with E-state index in [0.29, 0.717) is 11.5 Å². The molecule has 3 heterocycles. The molecule has 0 aliphatic rings. The first-order valence-corrected chi connectivity index (χ1v) is 18.2. The second-order valence-electron chi connectivity index (χ2n) is 11.2. The van der Waals surface area contributed by atoms with E-state index < -0.39 is 6.03 Å². The van der Waals surface area contributed by atoms with E-state index >= 15 is 0 Å². The van der Waals surface area contributed by atoms with Crippen LogP contribution in [0.25, 0.3) is 22.7 Å². The number of urea groups is 1. The van der Waals surface area contributed by atoms with Crippen molar-refractivity contribution in [2.45, 2.75) is 39.8 Å².